The fourth-order valence-electron chi connectivity index (χ4n) is 4.60. The molecule has 1 aromatic carbocycles. The molecule has 1 saturated carbocycles. The molecule has 2 aromatic heterocycles. The summed E-state index contributed by atoms with van der Waals surface area (Å²) in [6, 6.07) is 6.61. The number of benzene rings is 1. The molecule has 1 saturated heterocycles. The highest BCUT2D eigenvalue weighted by Crippen LogP contribution is 2.44. The molecule has 2 N–H and O–H groups in total. The zero-order chi connectivity index (χ0) is 22.9. The fraction of sp³-hybridized carbons (Fsp3) is 0.500. The SMILES string of the molecule is CCn1ncc2c(NC3CCOCC3)c(C(=O)NCc3ccc(C)c(C)c3)c(C3CC3)nc21. The Hall–Kier alpha value is -2.93. The number of anilines is 1. The van der Waals surface area contributed by atoms with Gasteiger partial charge in [-0.1, -0.05) is 18.2 Å². The number of amides is 1. The molecule has 0 atom stereocenters. The highest BCUT2D eigenvalue weighted by atomic mass is 16.5. The predicted octanol–water partition coefficient (Wildman–Crippen LogP) is 4.47. The van der Waals surface area contributed by atoms with Gasteiger partial charge in [-0.3, -0.25) is 4.79 Å². The van der Waals surface area contributed by atoms with Crippen molar-refractivity contribution in [1.29, 1.82) is 0 Å². The van der Waals surface area contributed by atoms with Gasteiger partial charge in [0.05, 0.1) is 28.5 Å². The number of fused-ring (bicyclic) bond motifs is 1. The normalized spacial score (nSPS) is 16.8. The molecule has 5 rings (SSSR count). The number of hydrogen-bond acceptors (Lipinski definition) is 5. The average Bonchev–Trinajstić information content (AvgIpc) is 3.59. The molecule has 3 heterocycles. The summed E-state index contributed by atoms with van der Waals surface area (Å²) >= 11 is 0. The standard InChI is InChI=1S/C26H33N5O2/c1-4-31-25-21(15-28-31)24(29-20-9-11-33-12-10-20)22(23(30-25)19-7-8-19)26(32)27-14-18-6-5-16(2)17(3)13-18/h5-6,13,15,19-20H,4,7-12,14H2,1-3H3,(H,27,32)(H,29,30). The first-order valence-corrected chi connectivity index (χ1v) is 12.1. The third kappa shape index (κ3) is 4.47. The summed E-state index contributed by atoms with van der Waals surface area (Å²) in [4.78, 5) is 18.7. The van der Waals surface area contributed by atoms with Gasteiger partial charge in [-0.05, 0) is 63.1 Å². The Bertz CT molecular complexity index is 1180. The van der Waals surface area contributed by atoms with Gasteiger partial charge < -0.3 is 15.4 Å². The quantitative estimate of drug-likeness (QED) is 0.559. The summed E-state index contributed by atoms with van der Waals surface area (Å²) in [5.74, 6) is 0.274. The number of hydrogen-bond donors (Lipinski definition) is 2. The molecule has 0 spiro atoms. The van der Waals surface area contributed by atoms with Crippen LogP contribution in [0.15, 0.2) is 24.4 Å². The molecule has 2 aliphatic rings. The van der Waals surface area contributed by atoms with E-state index in [1.165, 1.54) is 11.1 Å². The molecule has 1 aliphatic heterocycles. The van der Waals surface area contributed by atoms with Crippen LogP contribution in [-0.2, 0) is 17.8 Å². The molecular weight excluding hydrogens is 414 g/mol. The van der Waals surface area contributed by atoms with Gasteiger partial charge in [-0.2, -0.15) is 5.10 Å². The van der Waals surface area contributed by atoms with Crippen molar-refractivity contribution in [2.45, 2.75) is 71.5 Å². The second kappa shape index (κ2) is 9.14. The largest absolute Gasteiger partial charge is 0.381 e. The van der Waals surface area contributed by atoms with Crippen molar-refractivity contribution in [3.8, 4) is 0 Å². The molecule has 0 bridgehead atoms. The van der Waals surface area contributed by atoms with E-state index in [0.29, 0.717) is 18.0 Å². The Morgan fingerprint density at radius 1 is 1.15 bits per heavy atom. The predicted molar refractivity (Wildman–Crippen MR) is 130 cm³/mol. The summed E-state index contributed by atoms with van der Waals surface area (Å²) in [7, 11) is 0. The molecule has 7 heteroatoms. The number of pyridine rings is 1. The first-order chi connectivity index (χ1) is 16.0. The van der Waals surface area contributed by atoms with Crippen LogP contribution in [0, 0.1) is 13.8 Å². The first kappa shape index (κ1) is 21.9. The highest BCUT2D eigenvalue weighted by molar-refractivity contribution is 6.08. The molecule has 2 fully saturated rings. The second-order valence-corrected chi connectivity index (χ2v) is 9.35. The number of carbonyl (C=O) groups is 1. The number of nitrogens with one attached hydrogen (secondary N) is 2. The van der Waals surface area contributed by atoms with Crippen LogP contribution in [0.4, 0.5) is 5.69 Å². The molecule has 1 aliphatic carbocycles. The van der Waals surface area contributed by atoms with Gasteiger partial charge in [0, 0.05) is 38.3 Å². The Kier molecular flexibility index (Phi) is 6.06. The Morgan fingerprint density at radius 3 is 2.64 bits per heavy atom. The van der Waals surface area contributed by atoms with Crippen LogP contribution in [-0.4, -0.2) is 39.9 Å². The molecule has 1 amide bonds. The van der Waals surface area contributed by atoms with Crippen LogP contribution >= 0.6 is 0 Å². The van der Waals surface area contributed by atoms with Crippen LogP contribution in [0.25, 0.3) is 11.0 Å². The van der Waals surface area contributed by atoms with E-state index in [1.807, 2.05) is 10.9 Å². The average molecular weight is 448 g/mol. The number of nitrogens with zero attached hydrogens (tertiary/aromatic N) is 3. The topological polar surface area (TPSA) is 81.1 Å². The van der Waals surface area contributed by atoms with E-state index in [-0.39, 0.29) is 11.9 Å². The minimum atomic E-state index is -0.0664. The molecule has 3 aromatic rings. The van der Waals surface area contributed by atoms with E-state index in [1.54, 1.807) is 0 Å². The van der Waals surface area contributed by atoms with Crippen LogP contribution in [0.3, 0.4) is 0 Å². The molecule has 0 unspecified atom stereocenters. The highest BCUT2D eigenvalue weighted by Gasteiger charge is 2.34. The maximum atomic E-state index is 13.7. The monoisotopic (exact) mass is 447 g/mol. The van der Waals surface area contributed by atoms with Crippen molar-refractivity contribution < 1.29 is 9.53 Å². The van der Waals surface area contributed by atoms with Crippen molar-refractivity contribution in [1.82, 2.24) is 20.1 Å². The zero-order valence-electron chi connectivity index (χ0n) is 19.8. The van der Waals surface area contributed by atoms with Gasteiger partial charge in [0.2, 0.25) is 0 Å². The summed E-state index contributed by atoms with van der Waals surface area (Å²) in [5, 5.41) is 12.4. The molecule has 7 nitrogen and oxygen atoms in total. The van der Waals surface area contributed by atoms with Gasteiger partial charge in [-0.25, -0.2) is 9.67 Å². The minimum absolute atomic E-state index is 0.0664. The van der Waals surface area contributed by atoms with Crippen molar-refractivity contribution in [2.75, 3.05) is 18.5 Å². The van der Waals surface area contributed by atoms with Gasteiger partial charge in [0.1, 0.15) is 0 Å². The lowest BCUT2D eigenvalue weighted by Crippen LogP contribution is -2.31. The van der Waals surface area contributed by atoms with Crippen LogP contribution in [0.2, 0.25) is 0 Å². The Balaban J connectivity index is 1.53. The summed E-state index contributed by atoms with van der Waals surface area (Å²) < 4.78 is 7.48. The fourth-order valence-corrected chi connectivity index (χ4v) is 4.60. The van der Waals surface area contributed by atoms with Crippen molar-refractivity contribution in [2.24, 2.45) is 0 Å². The molecule has 174 valence electrons. The van der Waals surface area contributed by atoms with Crippen molar-refractivity contribution in [3.63, 3.8) is 0 Å². The van der Waals surface area contributed by atoms with E-state index >= 15 is 0 Å². The summed E-state index contributed by atoms with van der Waals surface area (Å²) in [5.41, 5.74) is 6.93. The lowest BCUT2D eigenvalue weighted by Gasteiger charge is -2.26. The smallest absolute Gasteiger partial charge is 0.255 e. The van der Waals surface area contributed by atoms with Gasteiger partial charge in [0.25, 0.3) is 5.91 Å². The number of ether oxygens (including phenoxy) is 1. The third-order valence-electron chi connectivity index (χ3n) is 6.90. The third-order valence-corrected chi connectivity index (χ3v) is 6.90. The summed E-state index contributed by atoms with van der Waals surface area (Å²) in [6.07, 6.45) is 5.85. The first-order valence-electron chi connectivity index (χ1n) is 12.1. The van der Waals surface area contributed by atoms with E-state index in [9.17, 15) is 4.79 Å². The number of aromatic nitrogens is 3. The maximum absolute atomic E-state index is 13.7. The minimum Gasteiger partial charge on any atom is -0.381 e. The van der Waals surface area contributed by atoms with E-state index in [2.05, 4.69) is 54.7 Å². The van der Waals surface area contributed by atoms with Crippen molar-refractivity contribution >= 4 is 22.6 Å². The number of aryl methyl sites for hydroxylation is 3. The second-order valence-electron chi connectivity index (χ2n) is 9.35. The van der Waals surface area contributed by atoms with Crippen molar-refractivity contribution in [3.05, 3.63) is 52.3 Å². The van der Waals surface area contributed by atoms with Crippen LogP contribution < -0.4 is 10.6 Å². The molecule has 0 radical (unpaired) electrons. The van der Waals surface area contributed by atoms with Crippen LogP contribution in [0.5, 0.6) is 0 Å². The Labute approximate surface area is 194 Å². The summed E-state index contributed by atoms with van der Waals surface area (Å²) in [6.45, 7) is 8.99. The molecule has 33 heavy (non-hydrogen) atoms. The van der Waals surface area contributed by atoms with Gasteiger partial charge >= 0.3 is 0 Å². The zero-order valence-corrected chi connectivity index (χ0v) is 19.8. The lowest BCUT2D eigenvalue weighted by atomic mass is 10.0. The van der Waals surface area contributed by atoms with Gasteiger partial charge in [-0.15, -0.1) is 0 Å². The number of rotatable bonds is 7. The number of carbonyl (C=O) groups excluding carboxylic acids is 1. The lowest BCUT2D eigenvalue weighted by molar-refractivity contribution is 0.0903. The van der Waals surface area contributed by atoms with E-state index < -0.39 is 0 Å². The Morgan fingerprint density at radius 2 is 1.94 bits per heavy atom. The van der Waals surface area contributed by atoms with E-state index in [4.69, 9.17) is 9.72 Å². The maximum Gasteiger partial charge on any atom is 0.255 e. The van der Waals surface area contributed by atoms with Gasteiger partial charge in [0.15, 0.2) is 5.65 Å². The van der Waals surface area contributed by atoms with Crippen LogP contribution in [0.1, 0.15) is 71.3 Å². The van der Waals surface area contributed by atoms with E-state index in [0.717, 1.165) is 73.4 Å². The molecular formula is C26H33N5O2.